The number of benzene rings is 3. The van der Waals surface area contributed by atoms with Crippen molar-refractivity contribution in [1.82, 2.24) is 10.2 Å². The summed E-state index contributed by atoms with van der Waals surface area (Å²) in [6.07, 6.45) is 1.21. The molecule has 3 aromatic rings. The fourth-order valence-electron chi connectivity index (χ4n) is 4.22. The van der Waals surface area contributed by atoms with Gasteiger partial charge in [0.15, 0.2) is 11.5 Å². The van der Waals surface area contributed by atoms with Gasteiger partial charge in [0.2, 0.25) is 11.8 Å². The highest BCUT2D eigenvalue weighted by molar-refractivity contribution is 5.88. The molecule has 0 aliphatic heterocycles. The van der Waals surface area contributed by atoms with E-state index in [1.807, 2.05) is 99.6 Å². The van der Waals surface area contributed by atoms with Gasteiger partial charge < -0.3 is 19.7 Å². The van der Waals surface area contributed by atoms with E-state index in [2.05, 4.69) is 5.32 Å². The first-order chi connectivity index (χ1) is 17.7. The van der Waals surface area contributed by atoms with E-state index >= 15 is 0 Å². The van der Waals surface area contributed by atoms with Crippen LogP contribution in [0.4, 0.5) is 0 Å². The summed E-state index contributed by atoms with van der Waals surface area (Å²) in [6, 6.07) is 24.7. The maximum atomic E-state index is 13.8. The quantitative estimate of drug-likeness (QED) is 0.392. The van der Waals surface area contributed by atoms with Gasteiger partial charge in [0, 0.05) is 24.9 Å². The lowest BCUT2D eigenvalue weighted by Gasteiger charge is -2.34. The lowest BCUT2D eigenvalue weighted by Crippen LogP contribution is -2.54. The lowest BCUT2D eigenvalue weighted by molar-refractivity contribution is -0.141. The number of amides is 2. The van der Waals surface area contributed by atoms with Gasteiger partial charge in [0.25, 0.3) is 0 Å². The van der Waals surface area contributed by atoms with E-state index in [0.29, 0.717) is 30.9 Å². The van der Waals surface area contributed by atoms with Crippen molar-refractivity contribution in [2.45, 2.75) is 58.2 Å². The zero-order chi connectivity index (χ0) is 26.8. The van der Waals surface area contributed by atoms with E-state index in [1.54, 1.807) is 19.1 Å². The van der Waals surface area contributed by atoms with Crippen LogP contribution in [-0.4, -0.2) is 42.5 Å². The Morgan fingerprint density at radius 3 is 1.97 bits per heavy atom. The van der Waals surface area contributed by atoms with Crippen LogP contribution in [-0.2, 0) is 29.0 Å². The van der Waals surface area contributed by atoms with Crippen LogP contribution in [0.3, 0.4) is 0 Å². The summed E-state index contributed by atoms with van der Waals surface area (Å²) in [4.78, 5) is 29.1. The molecule has 6 heteroatoms. The van der Waals surface area contributed by atoms with Crippen molar-refractivity contribution in [3.05, 3.63) is 95.6 Å². The molecule has 0 bridgehead atoms. The normalized spacial score (nSPS) is 11.9. The molecule has 2 amide bonds. The topological polar surface area (TPSA) is 67.9 Å². The van der Waals surface area contributed by atoms with Crippen LogP contribution < -0.4 is 14.8 Å². The van der Waals surface area contributed by atoms with Gasteiger partial charge in [-0.3, -0.25) is 9.59 Å². The largest absolute Gasteiger partial charge is 0.493 e. The van der Waals surface area contributed by atoms with E-state index < -0.39 is 11.6 Å². The molecule has 3 aromatic carbocycles. The molecule has 0 saturated heterocycles. The van der Waals surface area contributed by atoms with Crippen LogP contribution in [0.15, 0.2) is 78.9 Å². The lowest BCUT2D eigenvalue weighted by atomic mass is 9.99. The van der Waals surface area contributed by atoms with E-state index in [0.717, 1.165) is 16.7 Å². The summed E-state index contributed by atoms with van der Waals surface area (Å²) in [6.45, 7) is 6.20. The number of carbonyl (C=O) groups excluding carboxylic acids is 2. The predicted octanol–water partition coefficient (Wildman–Crippen LogP) is 5.19. The van der Waals surface area contributed by atoms with Gasteiger partial charge in [-0.1, -0.05) is 66.7 Å². The van der Waals surface area contributed by atoms with Crippen LogP contribution in [0.1, 0.15) is 43.9 Å². The van der Waals surface area contributed by atoms with Crippen molar-refractivity contribution >= 4 is 11.8 Å². The number of ether oxygens (including phenoxy) is 2. The highest BCUT2D eigenvalue weighted by Gasteiger charge is 2.32. The zero-order valence-corrected chi connectivity index (χ0v) is 22.5. The van der Waals surface area contributed by atoms with Gasteiger partial charge in [-0.25, -0.2) is 0 Å². The minimum Gasteiger partial charge on any atom is -0.493 e. The second-order valence-corrected chi connectivity index (χ2v) is 10.1. The second-order valence-electron chi connectivity index (χ2n) is 10.1. The van der Waals surface area contributed by atoms with E-state index in [1.165, 1.54) is 0 Å². The molecule has 0 radical (unpaired) electrons. The molecule has 196 valence electrons. The third-order valence-electron chi connectivity index (χ3n) is 6.04. The van der Waals surface area contributed by atoms with Gasteiger partial charge in [0.05, 0.1) is 14.2 Å². The number of methoxy groups -OCH3 is 2. The van der Waals surface area contributed by atoms with Crippen molar-refractivity contribution in [1.29, 1.82) is 0 Å². The van der Waals surface area contributed by atoms with Crippen molar-refractivity contribution in [3.63, 3.8) is 0 Å². The molecular weight excluding hydrogens is 464 g/mol. The van der Waals surface area contributed by atoms with Crippen LogP contribution in [0.2, 0.25) is 0 Å². The smallest absolute Gasteiger partial charge is 0.243 e. The molecule has 0 aliphatic carbocycles. The minimum absolute atomic E-state index is 0.0800. The Hall–Kier alpha value is -3.80. The molecule has 1 unspecified atom stereocenters. The summed E-state index contributed by atoms with van der Waals surface area (Å²) < 4.78 is 10.8. The number of rotatable bonds is 11. The molecule has 0 aliphatic rings. The highest BCUT2D eigenvalue weighted by atomic mass is 16.5. The maximum Gasteiger partial charge on any atom is 0.243 e. The van der Waals surface area contributed by atoms with Gasteiger partial charge >= 0.3 is 0 Å². The van der Waals surface area contributed by atoms with Crippen molar-refractivity contribution in [2.75, 3.05) is 14.2 Å². The first kappa shape index (κ1) is 27.8. The molecule has 0 heterocycles. The second kappa shape index (κ2) is 12.9. The number of hydrogen-bond donors (Lipinski definition) is 1. The van der Waals surface area contributed by atoms with Crippen molar-refractivity contribution < 1.29 is 19.1 Å². The summed E-state index contributed by atoms with van der Waals surface area (Å²) in [7, 11) is 3.19. The molecule has 37 heavy (non-hydrogen) atoms. The van der Waals surface area contributed by atoms with Gasteiger partial charge in [-0.2, -0.15) is 0 Å². The number of carbonyl (C=O) groups is 2. The molecule has 0 aromatic heterocycles. The Labute approximate surface area is 220 Å². The highest BCUT2D eigenvalue weighted by Crippen LogP contribution is 2.28. The molecule has 0 spiro atoms. The Bertz CT molecular complexity index is 1160. The number of nitrogens with zero attached hydrogens (tertiary/aromatic N) is 1. The Morgan fingerprint density at radius 2 is 1.41 bits per heavy atom. The molecule has 1 atom stereocenters. The van der Waals surface area contributed by atoms with Gasteiger partial charge in [-0.05, 0) is 56.0 Å². The number of hydrogen-bond acceptors (Lipinski definition) is 4. The SMILES string of the molecule is COc1ccc(CCC(=O)N(Cc2ccccc2)C(Cc2ccccc2)C(=O)NC(C)(C)C)cc1OC. The maximum absolute atomic E-state index is 13.8. The van der Waals surface area contributed by atoms with Crippen LogP contribution in [0.5, 0.6) is 11.5 Å². The third kappa shape index (κ3) is 8.38. The number of aryl methyl sites for hydroxylation is 1. The fourth-order valence-corrected chi connectivity index (χ4v) is 4.22. The average molecular weight is 503 g/mol. The van der Waals surface area contributed by atoms with Gasteiger partial charge in [-0.15, -0.1) is 0 Å². The fraction of sp³-hybridized carbons (Fsp3) is 0.355. The van der Waals surface area contributed by atoms with E-state index in [9.17, 15) is 9.59 Å². The molecule has 6 nitrogen and oxygen atoms in total. The zero-order valence-electron chi connectivity index (χ0n) is 22.5. The summed E-state index contributed by atoms with van der Waals surface area (Å²) in [5.41, 5.74) is 2.52. The molecule has 3 rings (SSSR count). The first-order valence-corrected chi connectivity index (χ1v) is 12.6. The first-order valence-electron chi connectivity index (χ1n) is 12.6. The molecule has 0 fully saturated rings. The van der Waals surface area contributed by atoms with Crippen LogP contribution >= 0.6 is 0 Å². The van der Waals surface area contributed by atoms with Crippen LogP contribution in [0.25, 0.3) is 0 Å². The Morgan fingerprint density at radius 1 is 0.811 bits per heavy atom. The standard InChI is InChI=1S/C31H38N2O4/c1-31(2,3)32-30(35)26(20-23-12-8-6-9-13-23)33(22-25-14-10-7-11-15-25)29(34)19-17-24-16-18-27(36-4)28(21-24)37-5/h6-16,18,21,26H,17,19-20,22H2,1-5H3,(H,32,35). The van der Waals surface area contributed by atoms with E-state index in [4.69, 9.17) is 9.47 Å². The molecule has 0 saturated carbocycles. The molecule has 1 N–H and O–H groups in total. The van der Waals surface area contributed by atoms with Crippen molar-refractivity contribution in [3.8, 4) is 11.5 Å². The van der Waals surface area contributed by atoms with Crippen molar-refractivity contribution in [2.24, 2.45) is 0 Å². The average Bonchev–Trinajstić information content (AvgIpc) is 2.89. The molecular formula is C31H38N2O4. The Kier molecular flexibility index (Phi) is 9.72. The predicted molar refractivity (Wildman–Crippen MR) is 147 cm³/mol. The summed E-state index contributed by atoms with van der Waals surface area (Å²) >= 11 is 0. The van der Waals surface area contributed by atoms with Gasteiger partial charge in [0.1, 0.15) is 6.04 Å². The monoisotopic (exact) mass is 502 g/mol. The number of nitrogens with one attached hydrogen (secondary N) is 1. The Balaban J connectivity index is 1.90. The third-order valence-corrected chi connectivity index (χ3v) is 6.04. The summed E-state index contributed by atoms with van der Waals surface area (Å²) in [5, 5.41) is 3.10. The van der Waals surface area contributed by atoms with Crippen LogP contribution in [0, 0.1) is 0 Å². The summed E-state index contributed by atoms with van der Waals surface area (Å²) in [5.74, 6) is 1.03. The van der Waals surface area contributed by atoms with E-state index in [-0.39, 0.29) is 18.2 Å². The minimum atomic E-state index is -0.653.